The summed E-state index contributed by atoms with van der Waals surface area (Å²) in [6, 6.07) is 12.1. The van der Waals surface area contributed by atoms with Crippen LogP contribution in [0.3, 0.4) is 0 Å². The molecule has 2 aromatic rings. The minimum atomic E-state index is -0.0464. The highest BCUT2D eigenvalue weighted by Crippen LogP contribution is 2.30. The summed E-state index contributed by atoms with van der Waals surface area (Å²) < 4.78 is 0. The average Bonchev–Trinajstić information content (AvgIpc) is 2.82. The third-order valence-corrected chi connectivity index (χ3v) is 3.50. The van der Waals surface area contributed by atoms with Gasteiger partial charge in [-0.05, 0) is 23.6 Å². The molecular weight excluding hydrogens is 254 g/mol. The SMILES string of the molecule is Cl.NC1=NC(c2cccs2)Nc2ccccc21. The molecule has 1 aromatic heterocycles. The van der Waals surface area contributed by atoms with Gasteiger partial charge >= 0.3 is 0 Å². The topological polar surface area (TPSA) is 50.4 Å². The number of rotatable bonds is 1. The summed E-state index contributed by atoms with van der Waals surface area (Å²) in [7, 11) is 0. The van der Waals surface area contributed by atoms with Crippen molar-refractivity contribution in [2.24, 2.45) is 10.7 Å². The highest BCUT2D eigenvalue weighted by Gasteiger charge is 2.19. The number of nitrogens with two attached hydrogens (primary N) is 1. The van der Waals surface area contributed by atoms with Gasteiger partial charge in [0.1, 0.15) is 5.84 Å². The Morgan fingerprint density at radius 1 is 1.18 bits per heavy atom. The van der Waals surface area contributed by atoms with E-state index in [9.17, 15) is 0 Å². The summed E-state index contributed by atoms with van der Waals surface area (Å²) in [5.41, 5.74) is 7.99. The first-order valence-corrected chi connectivity index (χ1v) is 5.95. The molecule has 1 aliphatic heterocycles. The summed E-state index contributed by atoms with van der Waals surface area (Å²) in [4.78, 5) is 5.64. The van der Waals surface area contributed by atoms with Crippen molar-refractivity contribution in [1.29, 1.82) is 0 Å². The number of fused-ring (bicyclic) bond motifs is 1. The van der Waals surface area contributed by atoms with E-state index in [0.29, 0.717) is 5.84 Å². The largest absolute Gasteiger partial charge is 0.383 e. The predicted molar refractivity (Wildman–Crippen MR) is 75.1 cm³/mol. The Morgan fingerprint density at radius 2 is 2.00 bits per heavy atom. The van der Waals surface area contributed by atoms with Gasteiger partial charge in [-0.3, -0.25) is 0 Å². The van der Waals surface area contributed by atoms with E-state index in [4.69, 9.17) is 5.73 Å². The van der Waals surface area contributed by atoms with Gasteiger partial charge in [0.15, 0.2) is 6.17 Å². The monoisotopic (exact) mass is 265 g/mol. The normalized spacial score (nSPS) is 17.4. The molecule has 0 saturated heterocycles. The molecule has 17 heavy (non-hydrogen) atoms. The third-order valence-electron chi connectivity index (χ3n) is 2.58. The summed E-state index contributed by atoms with van der Waals surface area (Å²) in [6.07, 6.45) is -0.0464. The van der Waals surface area contributed by atoms with Gasteiger partial charge in [0.25, 0.3) is 0 Å². The standard InChI is InChI=1S/C12H11N3S.ClH/c13-11-8-4-1-2-5-9(8)14-12(15-11)10-6-3-7-16-10;/h1-7,12,14H,(H2,13,15);1H. The van der Waals surface area contributed by atoms with E-state index in [1.165, 1.54) is 4.88 Å². The Balaban J connectivity index is 0.00000108. The van der Waals surface area contributed by atoms with E-state index in [1.807, 2.05) is 35.7 Å². The lowest BCUT2D eigenvalue weighted by atomic mass is 10.1. The Labute approximate surface area is 110 Å². The molecule has 5 heteroatoms. The Bertz CT molecular complexity index is 536. The van der Waals surface area contributed by atoms with Gasteiger partial charge in [-0.1, -0.05) is 18.2 Å². The van der Waals surface area contributed by atoms with E-state index in [-0.39, 0.29) is 18.6 Å². The first-order valence-electron chi connectivity index (χ1n) is 5.07. The van der Waals surface area contributed by atoms with Crippen LogP contribution in [0.1, 0.15) is 16.6 Å². The van der Waals surface area contributed by atoms with Crippen molar-refractivity contribution in [3.05, 3.63) is 52.2 Å². The van der Waals surface area contributed by atoms with Crippen LogP contribution in [-0.2, 0) is 0 Å². The second kappa shape index (κ2) is 4.77. The number of benzene rings is 1. The van der Waals surface area contributed by atoms with Crippen molar-refractivity contribution in [3.8, 4) is 0 Å². The lowest BCUT2D eigenvalue weighted by molar-refractivity contribution is 0.844. The minimum absolute atomic E-state index is 0. The van der Waals surface area contributed by atoms with Crippen LogP contribution in [0.25, 0.3) is 0 Å². The summed E-state index contributed by atoms with van der Waals surface area (Å²) >= 11 is 1.68. The lowest BCUT2D eigenvalue weighted by Gasteiger charge is -2.23. The number of para-hydroxylation sites is 1. The number of nitrogens with one attached hydrogen (secondary N) is 1. The molecule has 1 atom stereocenters. The molecule has 0 bridgehead atoms. The Kier molecular flexibility index (Phi) is 3.36. The van der Waals surface area contributed by atoms with Crippen molar-refractivity contribution in [3.63, 3.8) is 0 Å². The van der Waals surface area contributed by atoms with E-state index in [0.717, 1.165) is 11.3 Å². The zero-order valence-corrected chi connectivity index (χ0v) is 10.6. The molecule has 0 spiro atoms. The maximum Gasteiger partial charge on any atom is 0.156 e. The minimum Gasteiger partial charge on any atom is -0.383 e. The van der Waals surface area contributed by atoms with Crippen LogP contribution < -0.4 is 11.1 Å². The summed E-state index contributed by atoms with van der Waals surface area (Å²) in [6.45, 7) is 0. The van der Waals surface area contributed by atoms with Crippen molar-refractivity contribution in [2.45, 2.75) is 6.17 Å². The number of hydrogen-bond acceptors (Lipinski definition) is 4. The summed E-state index contributed by atoms with van der Waals surface area (Å²) in [5.74, 6) is 0.604. The fourth-order valence-electron chi connectivity index (χ4n) is 1.80. The van der Waals surface area contributed by atoms with Gasteiger partial charge in [-0.2, -0.15) is 0 Å². The van der Waals surface area contributed by atoms with Crippen LogP contribution in [0, 0.1) is 0 Å². The first kappa shape index (κ1) is 12.0. The molecule has 0 amide bonds. The average molecular weight is 266 g/mol. The quantitative estimate of drug-likeness (QED) is 0.833. The zero-order valence-electron chi connectivity index (χ0n) is 8.96. The van der Waals surface area contributed by atoms with Gasteiger partial charge in [0.2, 0.25) is 0 Å². The molecule has 0 radical (unpaired) electrons. The Hall–Kier alpha value is -1.52. The zero-order chi connectivity index (χ0) is 11.0. The molecular formula is C12H12ClN3S. The van der Waals surface area contributed by atoms with Crippen LogP contribution in [-0.4, -0.2) is 5.84 Å². The fraction of sp³-hybridized carbons (Fsp3) is 0.0833. The van der Waals surface area contributed by atoms with Crippen LogP contribution >= 0.6 is 23.7 Å². The molecule has 0 fully saturated rings. The second-order valence-electron chi connectivity index (χ2n) is 3.62. The van der Waals surface area contributed by atoms with Crippen molar-refractivity contribution in [1.82, 2.24) is 0 Å². The highest BCUT2D eigenvalue weighted by molar-refractivity contribution is 7.10. The van der Waals surface area contributed by atoms with Gasteiger partial charge in [0, 0.05) is 16.1 Å². The fourth-order valence-corrected chi connectivity index (χ4v) is 2.51. The Morgan fingerprint density at radius 3 is 2.76 bits per heavy atom. The molecule has 2 heterocycles. The maximum absolute atomic E-state index is 5.96. The summed E-state index contributed by atoms with van der Waals surface area (Å²) in [5, 5.41) is 5.42. The van der Waals surface area contributed by atoms with Crippen LogP contribution in [0.2, 0.25) is 0 Å². The second-order valence-corrected chi connectivity index (χ2v) is 4.60. The molecule has 3 rings (SSSR count). The van der Waals surface area contributed by atoms with Gasteiger partial charge in [0.05, 0.1) is 0 Å². The molecule has 3 nitrogen and oxygen atoms in total. The number of aliphatic imine (C=N–C) groups is 1. The third kappa shape index (κ3) is 2.14. The molecule has 0 saturated carbocycles. The van der Waals surface area contributed by atoms with Gasteiger partial charge < -0.3 is 11.1 Å². The molecule has 1 aromatic carbocycles. The highest BCUT2D eigenvalue weighted by atomic mass is 35.5. The van der Waals surface area contributed by atoms with Crippen LogP contribution in [0.4, 0.5) is 5.69 Å². The van der Waals surface area contributed by atoms with Crippen molar-refractivity contribution >= 4 is 35.3 Å². The van der Waals surface area contributed by atoms with E-state index < -0.39 is 0 Å². The van der Waals surface area contributed by atoms with Crippen molar-refractivity contribution < 1.29 is 0 Å². The maximum atomic E-state index is 5.96. The van der Waals surface area contributed by atoms with Crippen molar-refractivity contribution in [2.75, 3.05) is 5.32 Å². The number of amidine groups is 1. The molecule has 0 aliphatic carbocycles. The van der Waals surface area contributed by atoms with Crippen LogP contribution in [0.5, 0.6) is 0 Å². The molecule has 1 aliphatic rings. The number of thiophene rings is 1. The number of hydrogen-bond donors (Lipinski definition) is 2. The van der Waals surface area contributed by atoms with E-state index in [2.05, 4.69) is 16.4 Å². The van der Waals surface area contributed by atoms with Gasteiger partial charge in [-0.25, -0.2) is 4.99 Å². The predicted octanol–water partition coefficient (Wildman–Crippen LogP) is 3.00. The van der Waals surface area contributed by atoms with E-state index in [1.54, 1.807) is 11.3 Å². The molecule has 88 valence electrons. The lowest BCUT2D eigenvalue weighted by Crippen LogP contribution is -2.24. The smallest absolute Gasteiger partial charge is 0.156 e. The number of anilines is 1. The van der Waals surface area contributed by atoms with Gasteiger partial charge in [-0.15, -0.1) is 23.7 Å². The molecule has 1 unspecified atom stereocenters. The number of nitrogens with zero attached hydrogens (tertiary/aromatic N) is 1. The first-order chi connectivity index (χ1) is 7.84. The molecule has 3 N–H and O–H groups in total. The van der Waals surface area contributed by atoms with Crippen LogP contribution in [0.15, 0.2) is 46.8 Å². The van der Waals surface area contributed by atoms with E-state index >= 15 is 0 Å². The number of halogens is 1.